The third kappa shape index (κ3) is 11.0. The van der Waals surface area contributed by atoms with Crippen molar-refractivity contribution in [3.05, 3.63) is 0 Å². The fourth-order valence-electron chi connectivity index (χ4n) is 4.85. The fourth-order valence-corrected chi connectivity index (χ4v) is 4.85. The molecule has 39 heavy (non-hydrogen) atoms. The Hall–Kier alpha value is -0.480. The predicted octanol–water partition coefficient (Wildman–Crippen LogP) is -0.0469. The van der Waals surface area contributed by atoms with Crippen LogP contribution in [0, 0.1) is 0 Å². The van der Waals surface area contributed by atoms with Gasteiger partial charge in [0.1, 0.15) is 48.8 Å². The lowest BCUT2D eigenvalue weighted by Gasteiger charge is -2.46. The summed E-state index contributed by atoms with van der Waals surface area (Å²) in [6.45, 7) is 3.46. The molecular formula is C27H52O12. The Labute approximate surface area is 231 Å². The Kier molecular flexibility index (Phi) is 16.8. The Morgan fingerprint density at radius 1 is 0.641 bits per heavy atom. The monoisotopic (exact) mass is 568 g/mol. The molecule has 2 aliphatic rings. The van der Waals surface area contributed by atoms with Crippen molar-refractivity contribution in [2.75, 3.05) is 26.4 Å². The van der Waals surface area contributed by atoms with E-state index in [9.17, 15) is 35.7 Å². The number of rotatable bonds is 19. The van der Waals surface area contributed by atoms with Crippen LogP contribution in [0.5, 0.6) is 0 Å². The molecule has 2 aliphatic heterocycles. The Morgan fingerprint density at radius 3 is 1.77 bits per heavy atom. The normalized spacial score (nSPS) is 36.2. The molecule has 0 aromatic carbocycles. The molecule has 0 radical (unpaired) electrons. The third-order valence-corrected chi connectivity index (χ3v) is 7.36. The van der Waals surface area contributed by atoms with E-state index < -0.39 is 74.6 Å². The maximum Gasteiger partial charge on any atom is 0.187 e. The summed E-state index contributed by atoms with van der Waals surface area (Å²) in [6.07, 6.45) is -2.65. The molecule has 7 N–H and O–H groups in total. The highest BCUT2D eigenvalue weighted by Gasteiger charge is 2.50. The summed E-state index contributed by atoms with van der Waals surface area (Å²) < 4.78 is 27.9. The summed E-state index contributed by atoms with van der Waals surface area (Å²) in [4.78, 5) is 0. The molecular weight excluding hydrogens is 516 g/mol. The van der Waals surface area contributed by atoms with Crippen LogP contribution < -0.4 is 0 Å². The average Bonchev–Trinajstić information content (AvgIpc) is 2.93. The van der Waals surface area contributed by atoms with Crippen LogP contribution in [0.25, 0.3) is 0 Å². The summed E-state index contributed by atoms with van der Waals surface area (Å²) in [6, 6.07) is 0. The first-order valence-corrected chi connectivity index (χ1v) is 14.6. The van der Waals surface area contributed by atoms with Crippen molar-refractivity contribution in [1.29, 1.82) is 0 Å². The van der Waals surface area contributed by atoms with E-state index >= 15 is 0 Å². The van der Waals surface area contributed by atoms with E-state index in [0.717, 1.165) is 12.8 Å². The zero-order valence-electron chi connectivity index (χ0n) is 23.4. The molecule has 11 atom stereocenters. The molecule has 0 aliphatic carbocycles. The van der Waals surface area contributed by atoms with Crippen LogP contribution >= 0.6 is 0 Å². The number of ether oxygens (including phenoxy) is 5. The van der Waals surface area contributed by atoms with Gasteiger partial charge in [-0.25, -0.2) is 0 Å². The summed E-state index contributed by atoms with van der Waals surface area (Å²) in [5.74, 6) is 0. The standard InChI is InChI=1S/C27H52O12/c1-3-4-5-6-7-8-9-10-11-12-13-35-17(2)16-36-26-24(34)22(32)25(19(15-29)38-26)39-27-23(33)21(31)20(30)18(14-28)37-27/h17-34H,3-16H2,1-2H3/t17?,18-,19-,20-,21+,22-,23-,24-,25-,26+,27-/m1/s1. The van der Waals surface area contributed by atoms with E-state index in [1.54, 1.807) is 0 Å². The van der Waals surface area contributed by atoms with Crippen molar-refractivity contribution >= 4 is 0 Å². The molecule has 12 nitrogen and oxygen atoms in total. The van der Waals surface area contributed by atoms with E-state index in [4.69, 9.17) is 23.7 Å². The first-order chi connectivity index (χ1) is 18.7. The third-order valence-electron chi connectivity index (χ3n) is 7.36. The van der Waals surface area contributed by atoms with Gasteiger partial charge in [-0.2, -0.15) is 0 Å². The van der Waals surface area contributed by atoms with Crippen LogP contribution in [0.1, 0.15) is 78.1 Å². The van der Waals surface area contributed by atoms with Gasteiger partial charge < -0.3 is 59.4 Å². The van der Waals surface area contributed by atoms with Gasteiger partial charge in [0.2, 0.25) is 0 Å². The summed E-state index contributed by atoms with van der Waals surface area (Å²) in [7, 11) is 0. The predicted molar refractivity (Wildman–Crippen MR) is 140 cm³/mol. The highest BCUT2D eigenvalue weighted by atomic mass is 16.7. The quantitative estimate of drug-likeness (QED) is 0.103. The lowest BCUT2D eigenvalue weighted by molar-refractivity contribution is -0.360. The van der Waals surface area contributed by atoms with Crippen LogP contribution in [-0.4, -0.2) is 130 Å². The molecule has 0 aromatic heterocycles. The van der Waals surface area contributed by atoms with Gasteiger partial charge in [-0.05, 0) is 13.3 Å². The van der Waals surface area contributed by atoms with Gasteiger partial charge in [0.05, 0.1) is 25.9 Å². The number of hydrogen-bond acceptors (Lipinski definition) is 12. The zero-order chi connectivity index (χ0) is 28.8. The lowest BCUT2D eigenvalue weighted by atomic mass is 9.97. The van der Waals surface area contributed by atoms with E-state index in [2.05, 4.69) is 6.92 Å². The number of hydrogen-bond donors (Lipinski definition) is 7. The minimum Gasteiger partial charge on any atom is -0.394 e. The minimum atomic E-state index is -1.71. The topological polar surface area (TPSA) is 188 Å². The van der Waals surface area contributed by atoms with Crippen molar-refractivity contribution in [2.45, 2.75) is 146 Å². The summed E-state index contributed by atoms with van der Waals surface area (Å²) in [5, 5.41) is 70.5. The van der Waals surface area contributed by atoms with E-state index in [1.165, 1.54) is 51.4 Å². The SMILES string of the molecule is CCCCCCCCCCCCOC(C)CO[C@H]1O[C@H](CO)[C@@H](O[C@H]2O[C@H](CO)[C@@H](O)[C@H](O)[C@H]2O)[C@H](O)[C@H]1O. The van der Waals surface area contributed by atoms with Gasteiger partial charge in [-0.3, -0.25) is 0 Å². The van der Waals surface area contributed by atoms with Gasteiger partial charge in [0, 0.05) is 6.61 Å². The molecule has 12 heteroatoms. The molecule has 0 spiro atoms. The van der Waals surface area contributed by atoms with Crippen LogP contribution in [-0.2, 0) is 23.7 Å². The molecule has 2 rings (SSSR count). The molecule has 1 unspecified atom stereocenters. The van der Waals surface area contributed by atoms with E-state index in [-0.39, 0.29) is 12.7 Å². The van der Waals surface area contributed by atoms with Crippen LogP contribution in [0.3, 0.4) is 0 Å². The van der Waals surface area contributed by atoms with Gasteiger partial charge in [0.25, 0.3) is 0 Å². The Bertz CT molecular complexity index is 624. The lowest BCUT2D eigenvalue weighted by Crippen LogP contribution is -2.64. The van der Waals surface area contributed by atoms with Crippen LogP contribution in [0.15, 0.2) is 0 Å². The van der Waals surface area contributed by atoms with Gasteiger partial charge in [0.15, 0.2) is 12.6 Å². The van der Waals surface area contributed by atoms with Crippen molar-refractivity contribution < 1.29 is 59.4 Å². The molecule has 0 bridgehead atoms. The van der Waals surface area contributed by atoms with Crippen LogP contribution in [0.4, 0.5) is 0 Å². The molecule has 2 fully saturated rings. The van der Waals surface area contributed by atoms with Crippen molar-refractivity contribution in [3.8, 4) is 0 Å². The largest absolute Gasteiger partial charge is 0.394 e. The van der Waals surface area contributed by atoms with Crippen molar-refractivity contribution in [1.82, 2.24) is 0 Å². The smallest absolute Gasteiger partial charge is 0.187 e. The average molecular weight is 569 g/mol. The zero-order valence-corrected chi connectivity index (χ0v) is 23.4. The number of aliphatic hydroxyl groups is 7. The maximum absolute atomic E-state index is 10.7. The molecule has 2 saturated heterocycles. The van der Waals surface area contributed by atoms with Crippen molar-refractivity contribution in [3.63, 3.8) is 0 Å². The highest BCUT2D eigenvalue weighted by molar-refractivity contribution is 4.94. The fraction of sp³-hybridized carbons (Fsp3) is 1.00. The molecule has 0 amide bonds. The Morgan fingerprint density at radius 2 is 1.18 bits per heavy atom. The first-order valence-electron chi connectivity index (χ1n) is 14.6. The van der Waals surface area contributed by atoms with E-state index in [1.807, 2.05) is 6.92 Å². The second-order valence-electron chi connectivity index (χ2n) is 10.7. The van der Waals surface area contributed by atoms with E-state index in [0.29, 0.717) is 6.61 Å². The molecule has 2 heterocycles. The molecule has 0 saturated carbocycles. The summed E-state index contributed by atoms with van der Waals surface area (Å²) >= 11 is 0. The van der Waals surface area contributed by atoms with Crippen molar-refractivity contribution in [2.24, 2.45) is 0 Å². The minimum absolute atomic E-state index is 0.0859. The second kappa shape index (κ2) is 18.9. The number of aliphatic hydroxyl groups excluding tert-OH is 7. The van der Waals surface area contributed by atoms with Gasteiger partial charge in [-0.15, -0.1) is 0 Å². The van der Waals surface area contributed by atoms with Gasteiger partial charge in [-0.1, -0.05) is 64.7 Å². The van der Waals surface area contributed by atoms with Crippen LogP contribution in [0.2, 0.25) is 0 Å². The highest BCUT2D eigenvalue weighted by Crippen LogP contribution is 2.29. The first kappa shape index (κ1) is 34.7. The molecule has 232 valence electrons. The number of unbranched alkanes of at least 4 members (excludes halogenated alkanes) is 9. The Balaban J connectivity index is 1.70. The molecule has 0 aromatic rings. The van der Waals surface area contributed by atoms with Gasteiger partial charge >= 0.3 is 0 Å². The second-order valence-corrected chi connectivity index (χ2v) is 10.7. The maximum atomic E-state index is 10.7. The summed E-state index contributed by atoms with van der Waals surface area (Å²) in [5.41, 5.74) is 0.